The molecule has 2 amide bonds. The first-order chi connectivity index (χ1) is 13.4. The number of carbonyl (C=O) groups excluding carboxylic acids is 2. The molecular weight excluding hydrogens is 358 g/mol. The van der Waals surface area contributed by atoms with E-state index in [-0.39, 0.29) is 23.7 Å². The van der Waals surface area contributed by atoms with Gasteiger partial charge in [-0.2, -0.15) is 4.98 Å². The molecule has 2 atom stereocenters. The minimum Gasteiger partial charge on any atom is -0.341 e. The first-order valence-electron chi connectivity index (χ1n) is 9.69. The van der Waals surface area contributed by atoms with Crippen molar-refractivity contribution in [2.24, 2.45) is 11.8 Å². The molecule has 0 aliphatic carbocycles. The van der Waals surface area contributed by atoms with Gasteiger partial charge in [0, 0.05) is 44.5 Å². The Balaban J connectivity index is 1.67. The second-order valence-corrected chi connectivity index (χ2v) is 8.13. The molecule has 0 N–H and O–H groups in total. The average Bonchev–Trinajstić information content (AvgIpc) is 3.31. The van der Waals surface area contributed by atoms with Crippen LogP contribution in [0.1, 0.15) is 42.3 Å². The Bertz CT molecular complexity index is 881. The van der Waals surface area contributed by atoms with Crippen LogP contribution in [0.15, 0.2) is 29.0 Å². The van der Waals surface area contributed by atoms with Gasteiger partial charge in [-0.1, -0.05) is 19.0 Å². The van der Waals surface area contributed by atoms with Crippen molar-refractivity contribution in [2.75, 3.05) is 26.2 Å². The molecule has 0 radical (unpaired) electrons. The quantitative estimate of drug-likeness (QED) is 0.801. The first-order valence-corrected chi connectivity index (χ1v) is 9.69. The fourth-order valence-electron chi connectivity index (χ4n) is 4.44. The van der Waals surface area contributed by atoms with E-state index in [0.29, 0.717) is 43.5 Å². The number of carbonyl (C=O) groups is 2. The summed E-state index contributed by atoms with van der Waals surface area (Å²) in [6.07, 6.45) is 4.04. The van der Waals surface area contributed by atoms with Crippen LogP contribution in [-0.4, -0.2) is 62.9 Å². The smallest absolute Gasteiger partial charge is 0.255 e. The fraction of sp³-hybridized carbons (Fsp3) is 0.550. The molecule has 2 fully saturated rings. The first kappa shape index (κ1) is 18.6. The molecule has 4 heterocycles. The van der Waals surface area contributed by atoms with Crippen LogP contribution in [0, 0.1) is 18.8 Å². The van der Waals surface area contributed by atoms with Crippen LogP contribution in [0.4, 0.5) is 0 Å². The monoisotopic (exact) mass is 383 g/mol. The number of aryl methyl sites for hydroxylation is 1. The maximum absolute atomic E-state index is 13.0. The van der Waals surface area contributed by atoms with Crippen LogP contribution in [0.25, 0.3) is 0 Å². The summed E-state index contributed by atoms with van der Waals surface area (Å²) in [6, 6.07) is 3.53. The Hall–Kier alpha value is -2.77. The van der Waals surface area contributed by atoms with Crippen molar-refractivity contribution in [3.05, 3.63) is 41.8 Å². The highest BCUT2D eigenvalue weighted by atomic mass is 16.5. The zero-order chi connectivity index (χ0) is 19.9. The lowest BCUT2D eigenvalue weighted by Gasteiger charge is -2.42. The Morgan fingerprint density at radius 3 is 2.71 bits per heavy atom. The normalized spacial score (nSPS) is 24.5. The second kappa shape index (κ2) is 7.00. The molecular formula is C20H25N5O3. The summed E-state index contributed by atoms with van der Waals surface area (Å²) in [6.45, 7) is 7.84. The lowest BCUT2D eigenvalue weighted by atomic mass is 9.73. The second-order valence-electron chi connectivity index (χ2n) is 8.13. The van der Waals surface area contributed by atoms with E-state index in [2.05, 4.69) is 15.1 Å². The Morgan fingerprint density at radius 2 is 2.07 bits per heavy atom. The van der Waals surface area contributed by atoms with Crippen molar-refractivity contribution in [3.8, 4) is 0 Å². The largest absolute Gasteiger partial charge is 0.341 e. The lowest BCUT2D eigenvalue weighted by Crippen LogP contribution is -2.54. The molecule has 2 aliphatic rings. The summed E-state index contributed by atoms with van der Waals surface area (Å²) in [5.74, 6) is 1.24. The Labute approximate surface area is 163 Å². The molecule has 2 aliphatic heterocycles. The van der Waals surface area contributed by atoms with Crippen molar-refractivity contribution in [2.45, 2.75) is 32.6 Å². The number of piperidine rings is 1. The van der Waals surface area contributed by atoms with Gasteiger partial charge in [0.1, 0.15) is 0 Å². The van der Waals surface area contributed by atoms with E-state index in [4.69, 9.17) is 4.52 Å². The molecule has 8 heteroatoms. The molecule has 148 valence electrons. The van der Waals surface area contributed by atoms with Gasteiger partial charge in [-0.15, -0.1) is 0 Å². The van der Waals surface area contributed by atoms with E-state index in [0.717, 1.165) is 6.42 Å². The van der Waals surface area contributed by atoms with Gasteiger partial charge in [-0.25, -0.2) is 0 Å². The van der Waals surface area contributed by atoms with E-state index in [1.165, 1.54) is 0 Å². The van der Waals surface area contributed by atoms with Crippen molar-refractivity contribution in [1.29, 1.82) is 0 Å². The molecule has 0 bridgehead atoms. The molecule has 2 saturated heterocycles. The summed E-state index contributed by atoms with van der Waals surface area (Å²) in [5, 5.41) is 3.98. The number of pyridine rings is 1. The Morgan fingerprint density at radius 1 is 1.29 bits per heavy atom. The highest BCUT2D eigenvalue weighted by Crippen LogP contribution is 2.44. The van der Waals surface area contributed by atoms with E-state index in [9.17, 15) is 9.59 Å². The maximum Gasteiger partial charge on any atom is 0.255 e. The number of amides is 2. The third-order valence-corrected chi connectivity index (χ3v) is 5.87. The SMILES string of the molecule is Cc1noc([C@@]23CN(C(=O)c4cccnc4)C[C@@H]2CCN(C(=O)C(C)C)C3)n1. The van der Waals surface area contributed by atoms with Crippen LogP contribution < -0.4 is 0 Å². The molecule has 2 aromatic heterocycles. The standard InChI is InChI=1S/C20H25N5O3/c1-13(2)17(26)24-8-6-16-10-25(18(27)15-5-4-7-21-9-15)12-20(16,11-24)19-22-14(3)23-28-19/h4-5,7,9,13,16H,6,8,10-12H2,1-3H3/t16-,20-/m0/s1. The number of hydrogen-bond acceptors (Lipinski definition) is 6. The summed E-state index contributed by atoms with van der Waals surface area (Å²) < 4.78 is 5.58. The molecule has 8 nitrogen and oxygen atoms in total. The zero-order valence-corrected chi connectivity index (χ0v) is 16.5. The summed E-state index contributed by atoms with van der Waals surface area (Å²) in [5.41, 5.74) is 0.0372. The number of likely N-dealkylation sites (tertiary alicyclic amines) is 2. The molecule has 0 aromatic carbocycles. The number of rotatable bonds is 3. The van der Waals surface area contributed by atoms with E-state index in [1.807, 2.05) is 23.6 Å². The van der Waals surface area contributed by atoms with Crippen molar-refractivity contribution in [1.82, 2.24) is 24.9 Å². The van der Waals surface area contributed by atoms with Gasteiger partial charge in [-0.3, -0.25) is 14.6 Å². The predicted octanol–water partition coefficient (Wildman–Crippen LogP) is 1.67. The molecule has 2 aromatic rings. The van der Waals surface area contributed by atoms with Crippen LogP contribution in [0.3, 0.4) is 0 Å². The summed E-state index contributed by atoms with van der Waals surface area (Å²) in [4.78, 5) is 38.0. The molecule has 28 heavy (non-hydrogen) atoms. The van der Waals surface area contributed by atoms with E-state index < -0.39 is 5.41 Å². The predicted molar refractivity (Wildman–Crippen MR) is 100 cm³/mol. The van der Waals surface area contributed by atoms with Gasteiger partial charge in [-0.05, 0) is 31.4 Å². The molecule has 4 rings (SSSR count). The number of aromatic nitrogens is 3. The Kier molecular flexibility index (Phi) is 4.64. The topological polar surface area (TPSA) is 92.4 Å². The van der Waals surface area contributed by atoms with Gasteiger partial charge in [0.05, 0.1) is 11.0 Å². The summed E-state index contributed by atoms with van der Waals surface area (Å²) in [7, 11) is 0. The zero-order valence-electron chi connectivity index (χ0n) is 16.5. The van der Waals surface area contributed by atoms with Gasteiger partial charge in [0.2, 0.25) is 11.8 Å². The van der Waals surface area contributed by atoms with Crippen LogP contribution >= 0.6 is 0 Å². The van der Waals surface area contributed by atoms with Crippen molar-refractivity contribution in [3.63, 3.8) is 0 Å². The highest BCUT2D eigenvalue weighted by molar-refractivity contribution is 5.94. The highest BCUT2D eigenvalue weighted by Gasteiger charge is 2.56. The number of hydrogen-bond donors (Lipinski definition) is 0. The van der Waals surface area contributed by atoms with Crippen molar-refractivity contribution >= 4 is 11.8 Å². The van der Waals surface area contributed by atoms with Gasteiger partial charge in [0.15, 0.2) is 5.82 Å². The minimum absolute atomic E-state index is 0.0557. The number of fused-ring (bicyclic) bond motifs is 1. The lowest BCUT2D eigenvalue weighted by molar-refractivity contribution is -0.137. The summed E-state index contributed by atoms with van der Waals surface area (Å²) >= 11 is 0. The fourth-order valence-corrected chi connectivity index (χ4v) is 4.44. The molecule has 0 unspecified atom stereocenters. The third kappa shape index (κ3) is 3.06. The van der Waals surface area contributed by atoms with E-state index >= 15 is 0 Å². The van der Waals surface area contributed by atoms with Gasteiger partial charge >= 0.3 is 0 Å². The molecule has 0 spiro atoms. The molecule has 0 saturated carbocycles. The minimum atomic E-state index is -0.526. The van der Waals surface area contributed by atoms with Gasteiger partial charge in [0.25, 0.3) is 5.91 Å². The number of nitrogens with zero attached hydrogens (tertiary/aromatic N) is 5. The van der Waals surface area contributed by atoms with Gasteiger partial charge < -0.3 is 14.3 Å². The van der Waals surface area contributed by atoms with E-state index in [1.54, 1.807) is 31.5 Å². The van der Waals surface area contributed by atoms with Crippen LogP contribution in [0.2, 0.25) is 0 Å². The van der Waals surface area contributed by atoms with Crippen molar-refractivity contribution < 1.29 is 14.1 Å². The van der Waals surface area contributed by atoms with Crippen LogP contribution in [0.5, 0.6) is 0 Å². The van der Waals surface area contributed by atoms with Crippen LogP contribution in [-0.2, 0) is 10.2 Å². The third-order valence-electron chi connectivity index (χ3n) is 5.87. The average molecular weight is 383 g/mol. The maximum atomic E-state index is 13.0.